The van der Waals surface area contributed by atoms with Crippen LogP contribution in [0, 0.1) is 6.92 Å². The van der Waals surface area contributed by atoms with E-state index < -0.39 is 0 Å². The summed E-state index contributed by atoms with van der Waals surface area (Å²) in [6.07, 6.45) is 3.06. The summed E-state index contributed by atoms with van der Waals surface area (Å²) in [4.78, 5) is 8.28. The quantitative estimate of drug-likeness (QED) is 0.840. The maximum Gasteiger partial charge on any atom is 0.248 e. The lowest BCUT2D eigenvalue weighted by Gasteiger charge is -2.08. The van der Waals surface area contributed by atoms with Crippen LogP contribution in [0.25, 0.3) is 0 Å². The summed E-state index contributed by atoms with van der Waals surface area (Å²) in [5.74, 6) is 1.01. The van der Waals surface area contributed by atoms with Gasteiger partial charge in [-0.15, -0.1) is 0 Å². The number of nitrogens with two attached hydrogens (primary N) is 1. The molecule has 0 bridgehead atoms. The van der Waals surface area contributed by atoms with E-state index in [1.165, 1.54) is 12.4 Å². The van der Waals surface area contributed by atoms with Crippen molar-refractivity contribution in [3.05, 3.63) is 47.9 Å². The predicted molar refractivity (Wildman–Crippen MR) is 69.2 cm³/mol. The molecule has 1 aromatic heterocycles. The molecule has 2 aromatic rings. The van der Waals surface area contributed by atoms with E-state index in [4.69, 9.17) is 22.7 Å². The van der Waals surface area contributed by atoms with E-state index in [-0.39, 0.29) is 4.99 Å². The smallest absolute Gasteiger partial charge is 0.248 e. The van der Waals surface area contributed by atoms with Gasteiger partial charge in [-0.3, -0.25) is 0 Å². The first kappa shape index (κ1) is 11.5. The van der Waals surface area contributed by atoms with Gasteiger partial charge in [0.1, 0.15) is 10.7 Å². The monoisotopic (exact) mass is 245 g/mol. The van der Waals surface area contributed by atoms with Crippen molar-refractivity contribution in [3.8, 4) is 11.6 Å². The van der Waals surface area contributed by atoms with Gasteiger partial charge in [0.15, 0.2) is 5.69 Å². The van der Waals surface area contributed by atoms with E-state index in [9.17, 15) is 0 Å². The average Bonchev–Trinajstić information content (AvgIpc) is 2.29. The third-order valence-corrected chi connectivity index (χ3v) is 2.30. The van der Waals surface area contributed by atoms with Crippen molar-refractivity contribution in [2.45, 2.75) is 6.92 Å². The maximum atomic E-state index is 5.61. The zero-order valence-corrected chi connectivity index (χ0v) is 10.1. The van der Waals surface area contributed by atoms with Crippen molar-refractivity contribution < 1.29 is 4.74 Å². The molecule has 0 saturated carbocycles. The Balaban J connectivity index is 2.33. The second-order valence-electron chi connectivity index (χ2n) is 3.49. The zero-order valence-electron chi connectivity index (χ0n) is 9.25. The minimum Gasteiger partial charge on any atom is -0.437 e. The number of benzene rings is 1. The van der Waals surface area contributed by atoms with Gasteiger partial charge < -0.3 is 10.5 Å². The summed E-state index contributed by atoms with van der Waals surface area (Å²) >= 11 is 4.89. The van der Waals surface area contributed by atoms with Crippen LogP contribution in [0.1, 0.15) is 11.3 Å². The molecule has 0 aliphatic rings. The number of ether oxygens (including phenoxy) is 1. The largest absolute Gasteiger partial charge is 0.437 e. The fourth-order valence-electron chi connectivity index (χ4n) is 1.36. The molecule has 0 aliphatic carbocycles. The number of thiocarbonyl (C=S) groups is 1. The first-order chi connectivity index (χ1) is 8.16. The molecule has 1 aromatic carbocycles. The van der Waals surface area contributed by atoms with Crippen molar-refractivity contribution >= 4 is 17.2 Å². The SMILES string of the molecule is Cc1cccc(Oc2nccnc2C(N)=S)c1. The highest BCUT2D eigenvalue weighted by Gasteiger charge is 2.09. The summed E-state index contributed by atoms with van der Waals surface area (Å²) in [7, 11) is 0. The van der Waals surface area contributed by atoms with Crippen LogP contribution >= 0.6 is 12.2 Å². The molecule has 0 aliphatic heterocycles. The van der Waals surface area contributed by atoms with Crippen molar-refractivity contribution in [1.29, 1.82) is 0 Å². The molecule has 0 amide bonds. The Labute approximate surface area is 104 Å². The highest BCUT2D eigenvalue weighted by atomic mass is 32.1. The highest BCUT2D eigenvalue weighted by molar-refractivity contribution is 7.80. The number of aryl methyl sites for hydroxylation is 1. The molecule has 0 atom stereocenters. The molecule has 1 heterocycles. The molecule has 86 valence electrons. The molecule has 0 unspecified atom stereocenters. The van der Waals surface area contributed by atoms with E-state index in [0.29, 0.717) is 17.3 Å². The summed E-state index contributed by atoms with van der Waals surface area (Å²) in [6, 6.07) is 7.63. The van der Waals surface area contributed by atoms with Crippen molar-refractivity contribution in [2.75, 3.05) is 0 Å². The third-order valence-electron chi connectivity index (χ3n) is 2.10. The van der Waals surface area contributed by atoms with Gasteiger partial charge in [-0.2, -0.15) is 0 Å². The van der Waals surface area contributed by atoms with Crippen LogP contribution < -0.4 is 10.5 Å². The summed E-state index contributed by atoms with van der Waals surface area (Å²) in [6.45, 7) is 1.98. The second kappa shape index (κ2) is 4.88. The lowest BCUT2D eigenvalue weighted by atomic mass is 10.2. The fourth-order valence-corrected chi connectivity index (χ4v) is 1.50. The Kier molecular flexibility index (Phi) is 3.30. The number of aromatic nitrogens is 2. The molecular weight excluding hydrogens is 234 g/mol. The lowest BCUT2D eigenvalue weighted by Crippen LogP contribution is -2.13. The van der Waals surface area contributed by atoms with Gasteiger partial charge in [0.2, 0.25) is 5.88 Å². The van der Waals surface area contributed by atoms with Crippen LogP contribution in [0.4, 0.5) is 0 Å². The van der Waals surface area contributed by atoms with Gasteiger partial charge in [0, 0.05) is 12.4 Å². The van der Waals surface area contributed by atoms with E-state index in [1.54, 1.807) is 0 Å². The first-order valence-corrected chi connectivity index (χ1v) is 5.43. The van der Waals surface area contributed by atoms with Crippen LogP contribution in [0.15, 0.2) is 36.7 Å². The number of hydrogen-bond donors (Lipinski definition) is 1. The topological polar surface area (TPSA) is 61.0 Å². The highest BCUT2D eigenvalue weighted by Crippen LogP contribution is 2.22. The lowest BCUT2D eigenvalue weighted by molar-refractivity contribution is 0.458. The van der Waals surface area contributed by atoms with Gasteiger partial charge in [-0.05, 0) is 24.6 Å². The fraction of sp³-hybridized carbons (Fsp3) is 0.0833. The Morgan fingerprint density at radius 2 is 2.06 bits per heavy atom. The molecule has 2 rings (SSSR count). The molecule has 2 N–H and O–H groups in total. The minimum absolute atomic E-state index is 0.167. The van der Waals surface area contributed by atoms with Gasteiger partial charge in [-0.25, -0.2) is 9.97 Å². The molecule has 0 saturated heterocycles. The van der Waals surface area contributed by atoms with Gasteiger partial charge in [-0.1, -0.05) is 24.4 Å². The van der Waals surface area contributed by atoms with Crippen LogP contribution in [-0.4, -0.2) is 15.0 Å². The Bertz CT molecular complexity index is 557. The van der Waals surface area contributed by atoms with Gasteiger partial charge in [0.05, 0.1) is 0 Å². The van der Waals surface area contributed by atoms with Crippen LogP contribution in [0.2, 0.25) is 0 Å². The van der Waals surface area contributed by atoms with Crippen molar-refractivity contribution in [2.24, 2.45) is 5.73 Å². The molecule has 4 nitrogen and oxygen atoms in total. The van der Waals surface area contributed by atoms with E-state index in [0.717, 1.165) is 5.56 Å². The first-order valence-electron chi connectivity index (χ1n) is 5.02. The van der Waals surface area contributed by atoms with E-state index >= 15 is 0 Å². The third kappa shape index (κ3) is 2.76. The maximum absolute atomic E-state index is 5.61. The second-order valence-corrected chi connectivity index (χ2v) is 3.93. The normalized spacial score (nSPS) is 9.94. The predicted octanol–water partition coefficient (Wildman–Crippen LogP) is 2.21. The summed E-state index contributed by atoms with van der Waals surface area (Å²) in [5.41, 5.74) is 7.04. The molecule has 5 heteroatoms. The average molecular weight is 245 g/mol. The molecule has 0 fully saturated rings. The van der Waals surface area contributed by atoms with Crippen molar-refractivity contribution in [1.82, 2.24) is 9.97 Å². The van der Waals surface area contributed by atoms with Gasteiger partial charge in [0.25, 0.3) is 0 Å². The number of nitrogens with zero attached hydrogens (tertiary/aromatic N) is 2. The van der Waals surface area contributed by atoms with E-state index in [2.05, 4.69) is 9.97 Å². The van der Waals surface area contributed by atoms with Crippen LogP contribution in [0.3, 0.4) is 0 Å². The molecule has 17 heavy (non-hydrogen) atoms. The van der Waals surface area contributed by atoms with Gasteiger partial charge >= 0.3 is 0 Å². The Hall–Kier alpha value is -2.01. The summed E-state index contributed by atoms with van der Waals surface area (Å²) in [5, 5.41) is 0. The van der Waals surface area contributed by atoms with E-state index in [1.807, 2.05) is 31.2 Å². The van der Waals surface area contributed by atoms with Crippen molar-refractivity contribution in [3.63, 3.8) is 0 Å². The molecule has 0 radical (unpaired) electrons. The van der Waals surface area contributed by atoms with Crippen LogP contribution in [-0.2, 0) is 0 Å². The molecular formula is C12H11N3OS. The molecule has 0 spiro atoms. The minimum atomic E-state index is 0.167. The summed E-state index contributed by atoms with van der Waals surface area (Å²) < 4.78 is 5.61. The zero-order chi connectivity index (χ0) is 12.3. The number of rotatable bonds is 3. The Morgan fingerprint density at radius 1 is 1.29 bits per heavy atom. The van der Waals surface area contributed by atoms with Crippen LogP contribution in [0.5, 0.6) is 11.6 Å². The Morgan fingerprint density at radius 3 is 2.76 bits per heavy atom. The number of hydrogen-bond acceptors (Lipinski definition) is 4. The standard InChI is InChI=1S/C12H11N3OS/c1-8-3-2-4-9(7-8)16-12-10(11(13)17)14-5-6-15-12/h2-7H,1H3,(H2,13,17).